The highest BCUT2D eigenvalue weighted by Gasteiger charge is 2.22. The molecule has 0 radical (unpaired) electrons. The number of rotatable bonds is 8. The fourth-order valence-corrected chi connectivity index (χ4v) is 3.76. The summed E-state index contributed by atoms with van der Waals surface area (Å²) in [6.45, 7) is 2.91. The molecule has 0 saturated carbocycles. The maximum absolute atomic E-state index is 12.4. The number of amides is 1. The highest BCUT2D eigenvalue weighted by Crippen LogP contribution is 2.29. The number of hydrogen-bond acceptors (Lipinski definition) is 4. The summed E-state index contributed by atoms with van der Waals surface area (Å²) in [5.41, 5.74) is 3.17. The van der Waals surface area contributed by atoms with Gasteiger partial charge in [0.05, 0.1) is 7.11 Å². The number of carbonyl (C=O) groups is 1. The molecule has 1 aromatic carbocycles. The van der Waals surface area contributed by atoms with Crippen molar-refractivity contribution in [3.63, 3.8) is 0 Å². The lowest BCUT2D eigenvalue weighted by atomic mass is 9.87. The van der Waals surface area contributed by atoms with Crippen molar-refractivity contribution < 1.29 is 9.53 Å². The average Bonchev–Trinajstić information content (AvgIpc) is 2.72. The quantitative estimate of drug-likeness (QED) is 0.752. The molecule has 2 unspecified atom stereocenters. The minimum atomic E-state index is -0.105. The molecular formula is C22H29N3O2. The molecule has 1 amide bonds. The summed E-state index contributed by atoms with van der Waals surface area (Å²) in [5.74, 6) is 0.874. The smallest absolute Gasteiger partial charge is 0.270 e. The molecule has 0 fully saturated rings. The van der Waals surface area contributed by atoms with Crippen molar-refractivity contribution >= 4 is 5.91 Å². The molecule has 0 saturated heterocycles. The molecule has 0 spiro atoms. The number of carbonyl (C=O) groups excluding carboxylic acids is 1. The summed E-state index contributed by atoms with van der Waals surface area (Å²) in [7, 11) is 1.73. The van der Waals surface area contributed by atoms with Crippen molar-refractivity contribution in [3.05, 3.63) is 59.4 Å². The fraction of sp³-hybridized carbons (Fsp3) is 0.455. The fourth-order valence-electron chi connectivity index (χ4n) is 3.76. The Morgan fingerprint density at radius 1 is 1.30 bits per heavy atom. The van der Waals surface area contributed by atoms with Gasteiger partial charge in [0.2, 0.25) is 0 Å². The van der Waals surface area contributed by atoms with Crippen LogP contribution in [0.2, 0.25) is 0 Å². The van der Waals surface area contributed by atoms with Gasteiger partial charge >= 0.3 is 0 Å². The molecule has 5 heteroatoms. The Bertz CT molecular complexity index is 734. The molecule has 5 nitrogen and oxygen atoms in total. The van der Waals surface area contributed by atoms with E-state index in [4.69, 9.17) is 4.74 Å². The molecule has 2 aromatic rings. The number of aromatic nitrogens is 1. The Balaban J connectivity index is 1.57. The minimum Gasteiger partial charge on any atom is -0.496 e. The average molecular weight is 367 g/mol. The summed E-state index contributed by atoms with van der Waals surface area (Å²) >= 11 is 0. The summed E-state index contributed by atoms with van der Waals surface area (Å²) in [6.07, 6.45) is 6.74. The van der Waals surface area contributed by atoms with Crippen LogP contribution in [0.1, 0.15) is 47.8 Å². The van der Waals surface area contributed by atoms with Crippen LogP contribution < -0.4 is 15.4 Å². The monoisotopic (exact) mass is 367 g/mol. The third-order valence-corrected chi connectivity index (χ3v) is 5.19. The van der Waals surface area contributed by atoms with E-state index in [1.165, 1.54) is 11.1 Å². The first kappa shape index (κ1) is 19.4. The summed E-state index contributed by atoms with van der Waals surface area (Å²) < 4.78 is 5.53. The highest BCUT2D eigenvalue weighted by molar-refractivity contribution is 5.92. The Morgan fingerprint density at radius 2 is 2.19 bits per heavy atom. The van der Waals surface area contributed by atoms with Crippen LogP contribution in [0.15, 0.2) is 42.6 Å². The lowest BCUT2D eigenvalue weighted by molar-refractivity contribution is 0.0928. The molecule has 27 heavy (non-hydrogen) atoms. The van der Waals surface area contributed by atoms with E-state index in [0.717, 1.165) is 44.4 Å². The van der Waals surface area contributed by atoms with Crippen molar-refractivity contribution in [2.24, 2.45) is 0 Å². The normalized spacial score (nSPS) is 17.0. The van der Waals surface area contributed by atoms with E-state index in [-0.39, 0.29) is 11.9 Å². The van der Waals surface area contributed by atoms with Gasteiger partial charge < -0.3 is 15.4 Å². The summed E-state index contributed by atoms with van der Waals surface area (Å²) in [5, 5.41) is 6.79. The number of nitrogens with zero attached hydrogens (tertiary/aromatic N) is 1. The Hall–Kier alpha value is -2.40. The van der Waals surface area contributed by atoms with Gasteiger partial charge in [0.1, 0.15) is 11.4 Å². The first-order valence-corrected chi connectivity index (χ1v) is 9.81. The third-order valence-electron chi connectivity index (χ3n) is 5.19. The molecule has 144 valence electrons. The summed E-state index contributed by atoms with van der Waals surface area (Å²) in [4.78, 5) is 16.5. The zero-order valence-electron chi connectivity index (χ0n) is 16.2. The second-order valence-corrected chi connectivity index (χ2v) is 7.12. The van der Waals surface area contributed by atoms with Gasteiger partial charge in [-0.2, -0.15) is 0 Å². The lowest BCUT2D eigenvalue weighted by Crippen LogP contribution is -2.46. The molecule has 0 bridgehead atoms. The van der Waals surface area contributed by atoms with E-state index in [1.54, 1.807) is 19.4 Å². The van der Waals surface area contributed by atoms with Crippen molar-refractivity contribution in [2.45, 2.75) is 51.1 Å². The molecule has 0 aliphatic heterocycles. The lowest BCUT2D eigenvalue weighted by Gasteiger charge is -2.29. The Labute approximate surface area is 161 Å². The molecule has 3 rings (SSSR count). The van der Waals surface area contributed by atoms with E-state index < -0.39 is 0 Å². The van der Waals surface area contributed by atoms with Gasteiger partial charge in [-0.15, -0.1) is 0 Å². The van der Waals surface area contributed by atoms with Crippen molar-refractivity contribution in [1.29, 1.82) is 0 Å². The second-order valence-electron chi connectivity index (χ2n) is 7.12. The molecule has 2 N–H and O–H groups in total. The van der Waals surface area contributed by atoms with Gasteiger partial charge in [-0.25, -0.2) is 0 Å². The van der Waals surface area contributed by atoms with Gasteiger partial charge in [0.15, 0.2) is 0 Å². The first-order valence-electron chi connectivity index (χ1n) is 9.81. The molecular weight excluding hydrogens is 338 g/mol. The predicted molar refractivity (Wildman–Crippen MR) is 107 cm³/mol. The Kier molecular flexibility index (Phi) is 6.82. The predicted octanol–water partition coefficient (Wildman–Crippen LogP) is 3.14. The van der Waals surface area contributed by atoms with E-state index >= 15 is 0 Å². The van der Waals surface area contributed by atoms with Gasteiger partial charge in [0, 0.05) is 24.8 Å². The number of fused-ring (bicyclic) bond motifs is 1. The largest absolute Gasteiger partial charge is 0.496 e. The zero-order valence-corrected chi connectivity index (χ0v) is 16.2. The minimum absolute atomic E-state index is 0.101. The van der Waals surface area contributed by atoms with Crippen LogP contribution >= 0.6 is 0 Å². The molecule has 1 aliphatic carbocycles. The van der Waals surface area contributed by atoms with Crippen LogP contribution in [0, 0.1) is 0 Å². The van der Waals surface area contributed by atoms with Crippen LogP contribution in [0.25, 0.3) is 0 Å². The maximum atomic E-state index is 12.4. The van der Waals surface area contributed by atoms with Gasteiger partial charge in [-0.1, -0.05) is 31.5 Å². The third kappa shape index (κ3) is 5.07. The van der Waals surface area contributed by atoms with Gasteiger partial charge in [-0.05, 0) is 55.0 Å². The summed E-state index contributed by atoms with van der Waals surface area (Å²) in [6, 6.07) is 12.2. The van der Waals surface area contributed by atoms with E-state index in [0.29, 0.717) is 11.7 Å². The zero-order chi connectivity index (χ0) is 19.1. The van der Waals surface area contributed by atoms with E-state index in [1.807, 2.05) is 18.2 Å². The number of methoxy groups -OCH3 is 1. The standard InChI is InChI=1S/C22H29N3O2/c1-3-7-18(25-22(26)20-9-4-5-13-23-20)15-24-17-12-11-16-8-6-10-21(27-2)19(16)14-17/h4-6,8-10,13,17-18,24H,3,7,11-12,14-15H2,1-2H3,(H,25,26). The van der Waals surface area contributed by atoms with Gasteiger partial charge in [-0.3, -0.25) is 9.78 Å². The van der Waals surface area contributed by atoms with E-state index in [9.17, 15) is 4.79 Å². The molecule has 1 aliphatic rings. The van der Waals surface area contributed by atoms with Crippen LogP contribution in [-0.2, 0) is 12.8 Å². The molecule has 2 atom stereocenters. The molecule has 1 aromatic heterocycles. The van der Waals surface area contributed by atoms with E-state index in [2.05, 4.69) is 34.7 Å². The second kappa shape index (κ2) is 9.51. The Morgan fingerprint density at radius 3 is 2.93 bits per heavy atom. The van der Waals surface area contributed by atoms with Crippen LogP contribution in [0.4, 0.5) is 0 Å². The number of aryl methyl sites for hydroxylation is 1. The number of nitrogens with one attached hydrogen (secondary N) is 2. The number of benzene rings is 1. The van der Waals surface area contributed by atoms with Crippen LogP contribution in [-0.4, -0.2) is 36.6 Å². The van der Waals surface area contributed by atoms with Gasteiger partial charge in [0.25, 0.3) is 5.91 Å². The maximum Gasteiger partial charge on any atom is 0.270 e. The topological polar surface area (TPSA) is 63.2 Å². The highest BCUT2D eigenvalue weighted by atomic mass is 16.5. The van der Waals surface area contributed by atoms with Crippen molar-refractivity contribution in [2.75, 3.05) is 13.7 Å². The van der Waals surface area contributed by atoms with Crippen molar-refractivity contribution in [3.8, 4) is 5.75 Å². The first-order chi connectivity index (χ1) is 13.2. The molecule has 1 heterocycles. The number of pyridine rings is 1. The number of hydrogen-bond donors (Lipinski definition) is 2. The van der Waals surface area contributed by atoms with Crippen LogP contribution in [0.5, 0.6) is 5.75 Å². The van der Waals surface area contributed by atoms with Crippen molar-refractivity contribution in [1.82, 2.24) is 15.6 Å². The van der Waals surface area contributed by atoms with Crippen LogP contribution in [0.3, 0.4) is 0 Å². The SMILES string of the molecule is CCCC(CNC1CCc2cccc(OC)c2C1)NC(=O)c1ccccn1. The number of ether oxygens (including phenoxy) is 1.